The van der Waals surface area contributed by atoms with E-state index in [4.69, 9.17) is 4.98 Å². The van der Waals surface area contributed by atoms with Gasteiger partial charge in [0.1, 0.15) is 11.5 Å². The standard InChI is InChI=1S/C33H23N3O2S/c1-33(2)26-19-22(18-25-29(37)23-14-9-17-34-28(23)30(25)38)39-31(26)24-15-16-27(35-32(24)33)36(20-10-5-3-6-11-20)21-12-7-4-8-13-21/h3-19H,1-2H3/b25-18+. The van der Waals surface area contributed by atoms with Crippen LogP contribution in [0.15, 0.2) is 103 Å². The monoisotopic (exact) mass is 525 g/mol. The average molecular weight is 526 g/mol. The van der Waals surface area contributed by atoms with Gasteiger partial charge in [0.05, 0.1) is 16.8 Å². The van der Waals surface area contributed by atoms with Crippen LogP contribution in [0.3, 0.4) is 0 Å². The highest BCUT2D eigenvalue weighted by Gasteiger charge is 2.40. The Morgan fingerprint density at radius 3 is 2.15 bits per heavy atom. The first-order valence-corrected chi connectivity index (χ1v) is 13.6. The van der Waals surface area contributed by atoms with E-state index in [1.807, 2.05) is 36.4 Å². The number of aromatic nitrogens is 2. The van der Waals surface area contributed by atoms with Crippen LogP contribution in [0.2, 0.25) is 0 Å². The largest absolute Gasteiger partial charge is 0.295 e. The lowest BCUT2D eigenvalue weighted by Gasteiger charge is -2.26. The van der Waals surface area contributed by atoms with Crippen LogP contribution < -0.4 is 4.90 Å². The van der Waals surface area contributed by atoms with E-state index in [9.17, 15) is 9.59 Å². The van der Waals surface area contributed by atoms with Gasteiger partial charge < -0.3 is 0 Å². The van der Waals surface area contributed by atoms with Crippen molar-refractivity contribution in [2.45, 2.75) is 19.3 Å². The molecule has 188 valence electrons. The lowest BCUT2D eigenvalue weighted by atomic mass is 9.86. The van der Waals surface area contributed by atoms with Crippen molar-refractivity contribution < 1.29 is 9.59 Å². The second-order valence-corrected chi connectivity index (χ2v) is 11.3. The van der Waals surface area contributed by atoms with Gasteiger partial charge in [-0.1, -0.05) is 50.2 Å². The predicted molar refractivity (Wildman–Crippen MR) is 155 cm³/mol. The summed E-state index contributed by atoms with van der Waals surface area (Å²) in [6, 6.07) is 30.1. The average Bonchev–Trinajstić information content (AvgIpc) is 3.56. The molecule has 2 aliphatic rings. The zero-order valence-electron chi connectivity index (χ0n) is 21.4. The van der Waals surface area contributed by atoms with Gasteiger partial charge in [-0.3, -0.25) is 19.5 Å². The van der Waals surface area contributed by atoms with Crippen LogP contribution in [0.25, 0.3) is 16.5 Å². The molecule has 0 spiro atoms. The zero-order chi connectivity index (χ0) is 26.7. The number of allylic oxidation sites excluding steroid dienone is 1. The summed E-state index contributed by atoms with van der Waals surface area (Å²) in [6.45, 7) is 4.36. The molecule has 0 unspecified atom stereocenters. The van der Waals surface area contributed by atoms with E-state index in [1.54, 1.807) is 35.7 Å². The maximum absolute atomic E-state index is 12.9. The van der Waals surface area contributed by atoms with Gasteiger partial charge in [-0.25, -0.2) is 4.98 Å². The van der Waals surface area contributed by atoms with Gasteiger partial charge in [-0.15, -0.1) is 11.3 Å². The van der Waals surface area contributed by atoms with Crippen LogP contribution in [-0.2, 0) is 5.41 Å². The number of nitrogens with zero attached hydrogens (tertiary/aromatic N) is 3. The Bertz CT molecular complexity index is 1740. The summed E-state index contributed by atoms with van der Waals surface area (Å²) in [5, 5.41) is 0. The second kappa shape index (κ2) is 8.68. The smallest absolute Gasteiger partial charge is 0.216 e. The van der Waals surface area contributed by atoms with Crippen LogP contribution in [0.5, 0.6) is 0 Å². The van der Waals surface area contributed by atoms with Gasteiger partial charge in [0.15, 0.2) is 5.78 Å². The fourth-order valence-corrected chi connectivity index (χ4v) is 6.78. The SMILES string of the molecule is CC1(C)c2cc(/C=C3\C(=O)c4cccnc4C3=O)sc2-c2ccc(N(c3ccccc3)c3ccccc3)nc21. The number of hydrogen-bond acceptors (Lipinski definition) is 6. The highest BCUT2D eigenvalue weighted by atomic mass is 32.1. The zero-order valence-corrected chi connectivity index (χ0v) is 22.2. The van der Waals surface area contributed by atoms with Gasteiger partial charge in [-0.05, 0) is 66.2 Å². The van der Waals surface area contributed by atoms with Crippen molar-refractivity contribution >= 4 is 46.2 Å². The molecule has 0 N–H and O–H groups in total. The summed E-state index contributed by atoms with van der Waals surface area (Å²) < 4.78 is 0. The number of thiophene rings is 1. The topological polar surface area (TPSA) is 63.2 Å². The minimum absolute atomic E-state index is 0.177. The van der Waals surface area contributed by atoms with E-state index in [1.165, 1.54) is 0 Å². The summed E-state index contributed by atoms with van der Waals surface area (Å²) in [7, 11) is 0. The molecule has 2 aromatic carbocycles. The molecule has 3 aromatic heterocycles. The molecule has 0 saturated heterocycles. The van der Waals surface area contributed by atoms with Gasteiger partial charge in [-0.2, -0.15) is 0 Å². The number of rotatable bonds is 4. The lowest BCUT2D eigenvalue weighted by Crippen LogP contribution is -2.19. The maximum Gasteiger partial charge on any atom is 0.216 e. The number of fused-ring (bicyclic) bond motifs is 4. The van der Waals surface area contributed by atoms with E-state index in [0.29, 0.717) is 5.56 Å². The molecular formula is C33H23N3O2S. The molecule has 0 aliphatic heterocycles. The summed E-state index contributed by atoms with van der Waals surface area (Å²) in [6.07, 6.45) is 3.27. The van der Waals surface area contributed by atoms with E-state index in [0.717, 1.165) is 43.8 Å². The normalized spacial score (nSPS) is 15.8. The molecule has 5 aromatic rings. The van der Waals surface area contributed by atoms with Crippen LogP contribution in [0, 0.1) is 0 Å². The molecule has 6 heteroatoms. The number of hydrogen-bond donors (Lipinski definition) is 0. The van der Waals surface area contributed by atoms with E-state index in [-0.39, 0.29) is 28.2 Å². The number of ketones is 2. The van der Waals surface area contributed by atoms with Crippen molar-refractivity contribution in [1.82, 2.24) is 9.97 Å². The minimum atomic E-state index is -0.346. The van der Waals surface area contributed by atoms with Crippen LogP contribution >= 0.6 is 11.3 Å². The van der Waals surface area contributed by atoms with Crippen LogP contribution in [0.1, 0.15) is 50.8 Å². The summed E-state index contributed by atoms with van der Waals surface area (Å²) >= 11 is 1.59. The Balaban J connectivity index is 1.30. The summed E-state index contributed by atoms with van der Waals surface area (Å²) in [5.74, 6) is 0.283. The van der Waals surface area contributed by atoms with Crippen molar-refractivity contribution in [3.05, 3.63) is 130 Å². The number of carbonyl (C=O) groups excluding carboxylic acids is 2. The molecule has 0 saturated carbocycles. The molecule has 0 amide bonds. The van der Waals surface area contributed by atoms with Crippen LogP contribution in [-0.4, -0.2) is 21.5 Å². The van der Waals surface area contributed by atoms with Crippen LogP contribution in [0.4, 0.5) is 17.2 Å². The number of Topliss-reactive ketones (excluding diaryl/α,β-unsaturated/α-hetero) is 2. The number of para-hydroxylation sites is 2. The first kappa shape index (κ1) is 23.4. The van der Waals surface area contributed by atoms with E-state index in [2.05, 4.69) is 66.2 Å². The summed E-state index contributed by atoms with van der Waals surface area (Å²) in [4.78, 5) is 39.3. The Morgan fingerprint density at radius 1 is 0.795 bits per heavy atom. The highest BCUT2D eigenvalue weighted by molar-refractivity contribution is 7.16. The maximum atomic E-state index is 12.9. The number of pyridine rings is 2. The molecule has 5 nitrogen and oxygen atoms in total. The fraction of sp³-hybridized carbons (Fsp3) is 0.0909. The van der Waals surface area contributed by atoms with E-state index < -0.39 is 0 Å². The second-order valence-electron chi connectivity index (χ2n) is 10.2. The molecule has 39 heavy (non-hydrogen) atoms. The van der Waals surface area contributed by atoms with Gasteiger partial charge in [0.2, 0.25) is 5.78 Å². The molecule has 7 rings (SSSR count). The fourth-order valence-electron chi connectivity index (χ4n) is 5.49. The minimum Gasteiger partial charge on any atom is -0.295 e. The number of carbonyl (C=O) groups is 2. The Labute approximate surface area is 230 Å². The number of anilines is 3. The third-order valence-electron chi connectivity index (χ3n) is 7.44. The molecule has 0 bridgehead atoms. The third-order valence-corrected chi connectivity index (χ3v) is 8.56. The molecule has 0 atom stereocenters. The Morgan fingerprint density at radius 2 is 1.49 bits per heavy atom. The highest BCUT2D eigenvalue weighted by Crippen LogP contribution is 2.53. The molecule has 0 fully saturated rings. The third kappa shape index (κ3) is 3.60. The van der Waals surface area contributed by atoms with Gasteiger partial charge >= 0.3 is 0 Å². The lowest BCUT2D eigenvalue weighted by molar-refractivity contribution is 0.0989. The molecule has 0 radical (unpaired) electrons. The van der Waals surface area contributed by atoms with E-state index >= 15 is 0 Å². The Kier molecular flexibility index (Phi) is 5.22. The van der Waals surface area contributed by atoms with Crippen molar-refractivity contribution in [2.24, 2.45) is 0 Å². The Hall–Kier alpha value is -4.68. The van der Waals surface area contributed by atoms with Crippen molar-refractivity contribution in [2.75, 3.05) is 4.90 Å². The molecule has 2 aliphatic carbocycles. The first-order chi connectivity index (χ1) is 18.9. The predicted octanol–water partition coefficient (Wildman–Crippen LogP) is 7.78. The molecular weight excluding hydrogens is 502 g/mol. The first-order valence-electron chi connectivity index (χ1n) is 12.8. The van der Waals surface area contributed by atoms with Crippen molar-refractivity contribution in [1.29, 1.82) is 0 Å². The molecule has 3 heterocycles. The number of benzene rings is 2. The van der Waals surface area contributed by atoms with Gasteiger partial charge in [0.25, 0.3) is 0 Å². The summed E-state index contributed by atoms with van der Waals surface area (Å²) in [5.41, 5.74) is 5.78. The quantitative estimate of drug-likeness (QED) is 0.177. The van der Waals surface area contributed by atoms with Gasteiger partial charge in [0, 0.05) is 38.3 Å². The van der Waals surface area contributed by atoms with Crippen molar-refractivity contribution in [3.63, 3.8) is 0 Å². The van der Waals surface area contributed by atoms with Crippen molar-refractivity contribution in [3.8, 4) is 10.4 Å².